The first kappa shape index (κ1) is 16.5. The molecule has 124 valence electrons. The molecule has 2 saturated heterocycles. The lowest BCUT2D eigenvalue weighted by Crippen LogP contribution is -2.46. The van der Waals surface area contributed by atoms with Crippen LogP contribution in [0.25, 0.3) is 0 Å². The van der Waals surface area contributed by atoms with Gasteiger partial charge in [-0.15, -0.1) is 0 Å². The van der Waals surface area contributed by atoms with Gasteiger partial charge in [0.2, 0.25) is 11.8 Å². The summed E-state index contributed by atoms with van der Waals surface area (Å²) >= 11 is 3.49. The highest BCUT2D eigenvalue weighted by Crippen LogP contribution is 2.32. The molecule has 1 aromatic carbocycles. The number of anilines is 1. The molecule has 1 atom stereocenters. The quantitative estimate of drug-likeness (QED) is 0.873. The molecule has 2 heterocycles. The average molecular weight is 380 g/mol. The highest BCUT2D eigenvalue weighted by atomic mass is 79.9. The molecular formula is C17H22BrN3O2. The van der Waals surface area contributed by atoms with Crippen LogP contribution in [0.5, 0.6) is 0 Å². The first-order valence-electron chi connectivity index (χ1n) is 8.10. The summed E-state index contributed by atoms with van der Waals surface area (Å²) in [5.41, 5.74) is 0.845. The predicted molar refractivity (Wildman–Crippen MR) is 93.3 cm³/mol. The van der Waals surface area contributed by atoms with Gasteiger partial charge in [-0.2, -0.15) is 0 Å². The van der Waals surface area contributed by atoms with Gasteiger partial charge in [0.05, 0.1) is 11.6 Å². The number of halogens is 1. The third-order valence-electron chi connectivity index (χ3n) is 4.82. The second-order valence-corrected chi connectivity index (χ2v) is 7.14. The lowest BCUT2D eigenvalue weighted by Gasteiger charge is -2.33. The number of hydrogen-bond donors (Lipinski definition) is 1. The van der Waals surface area contributed by atoms with Gasteiger partial charge in [0.1, 0.15) is 0 Å². The molecule has 2 aliphatic heterocycles. The number of hydrogen-bond acceptors (Lipinski definition) is 3. The Labute approximate surface area is 145 Å². The van der Waals surface area contributed by atoms with Crippen LogP contribution in [0.4, 0.5) is 5.69 Å². The minimum Gasteiger partial charge on any atom is -0.342 e. The number of nitrogens with one attached hydrogen (secondary N) is 1. The van der Waals surface area contributed by atoms with Crippen molar-refractivity contribution in [2.45, 2.75) is 25.3 Å². The monoisotopic (exact) mass is 379 g/mol. The van der Waals surface area contributed by atoms with Gasteiger partial charge in [-0.05, 0) is 54.0 Å². The number of benzene rings is 1. The van der Waals surface area contributed by atoms with Crippen LogP contribution >= 0.6 is 15.9 Å². The van der Waals surface area contributed by atoms with Gasteiger partial charge in [-0.1, -0.05) is 12.1 Å². The molecule has 3 rings (SSSR count). The Kier molecular flexibility index (Phi) is 5.02. The number of carbonyl (C=O) groups excluding carboxylic acids is 2. The minimum absolute atomic E-state index is 0.0222. The lowest BCUT2D eigenvalue weighted by molar-refractivity contribution is -0.137. The molecule has 2 aliphatic rings. The molecule has 6 heteroatoms. The lowest BCUT2D eigenvalue weighted by atomic mass is 10.0. The summed E-state index contributed by atoms with van der Waals surface area (Å²) in [5.74, 6) is -0.122. The van der Waals surface area contributed by atoms with Crippen molar-refractivity contribution >= 4 is 33.4 Å². The van der Waals surface area contributed by atoms with E-state index in [0.29, 0.717) is 13.0 Å². The van der Waals surface area contributed by atoms with E-state index in [2.05, 4.69) is 21.2 Å². The first-order chi connectivity index (χ1) is 11.1. The van der Waals surface area contributed by atoms with Crippen LogP contribution in [0.3, 0.4) is 0 Å². The zero-order valence-corrected chi connectivity index (χ0v) is 14.9. The van der Waals surface area contributed by atoms with Gasteiger partial charge >= 0.3 is 0 Å². The number of piperidine rings is 1. The number of carbonyl (C=O) groups is 2. The summed E-state index contributed by atoms with van der Waals surface area (Å²) in [4.78, 5) is 28.7. The molecule has 0 saturated carbocycles. The van der Waals surface area contributed by atoms with Crippen molar-refractivity contribution in [3.05, 3.63) is 28.7 Å². The molecule has 5 nitrogen and oxygen atoms in total. The Bertz CT molecular complexity index is 601. The van der Waals surface area contributed by atoms with Crippen molar-refractivity contribution in [3.8, 4) is 0 Å². The summed E-state index contributed by atoms with van der Waals surface area (Å²) in [6, 6.07) is 7.94. The summed E-state index contributed by atoms with van der Waals surface area (Å²) < 4.78 is 0.883. The van der Waals surface area contributed by atoms with E-state index in [1.54, 1.807) is 4.90 Å². The fraction of sp³-hybridized carbons (Fsp3) is 0.529. The van der Waals surface area contributed by atoms with Crippen LogP contribution in [-0.4, -0.2) is 49.4 Å². The van der Waals surface area contributed by atoms with Gasteiger partial charge < -0.3 is 15.1 Å². The minimum atomic E-state index is -0.241. The van der Waals surface area contributed by atoms with E-state index >= 15 is 0 Å². The van der Waals surface area contributed by atoms with E-state index in [1.165, 1.54) is 0 Å². The molecule has 0 spiro atoms. The summed E-state index contributed by atoms with van der Waals surface area (Å²) in [7, 11) is 1.88. The van der Waals surface area contributed by atoms with E-state index in [9.17, 15) is 9.59 Å². The molecule has 1 unspecified atom stereocenters. The van der Waals surface area contributed by atoms with Crippen LogP contribution < -0.4 is 10.2 Å². The molecule has 23 heavy (non-hydrogen) atoms. The third-order valence-corrected chi connectivity index (χ3v) is 5.49. The molecule has 0 radical (unpaired) electrons. The highest BCUT2D eigenvalue weighted by molar-refractivity contribution is 9.10. The van der Waals surface area contributed by atoms with E-state index in [1.807, 2.05) is 36.2 Å². The maximum atomic E-state index is 12.8. The molecule has 0 aliphatic carbocycles. The fourth-order valence-electron chi connectivity index (χ4n) is 3.44. The molecule has 2 fully saturated rings. The van der Waals surface area contributed by atoms with Crippen LogP contribution in [-0.2, 0) is 9.59 Å². The highest BCUT2D eigenvalue weighted by Gasteiger charge is 2.38. The topological polar surface area (TPSA) is 52.7 Å². The van der Waals surface area contributed by atoms with E-state index < -0.39 is 0 Å². The molecule has 1 aromatic rings. The van der Waals surface area contributed by atoms with Crippen molar-refractivity contribution in [1.29, 1.82) is 0 Å². The second-order valence-electron chi connectivity index (χ2n) is 6.29. The maximum Gasteiger partial charge on any atom is 0.228 e. The van der Waals surface area contributed by atoms with Crippen molar-refractivity contribution in [2.24, 2.45) is 5.92 Å². The van der Waals surface area contributed by atoms with Crippen molar-refractivity contribution < 1.29 is 9.59 Å². The molecular weight excluding hydrogens is 358 g/mol. The molecule has 2 amide bonds. The molecule has 0 aromatic heterocycles. The Balaban J connectivity index is 1.69. The van der Waals surface area contributed by atoms with Gasteiger partial charge in [0.15, 0.2) is 0 Å². The average Bonchev–Trinajstić information content (AvgIpc) is 2.96. The Hall–Kier alpha value is -1.40. The zero-order chi connectivity index (χ0) is 16.4. The zero-order valence-electron chi connectivity index (χ0n) is 13.3. The summed E-state index contributed by atoms with van der Waals surface area (Å²) in [6.45, 7) is 2.37. The normalized spacial score (nSPS) is 22.4. The Morgan fingerprint density at radius 2 is 2.00 bits per heavy atom. The maximum absolute atomic E-state index is 12.8. The number of rotatable bonds is 3. The van der Waals surface area contributed by atoms with E-state index in [4.69, 9.17) is 0 Å². The number of nitrogens with zero attached hydrogens (tertiary/aromatic N) is 2. The standard InChI is InChI=1S/C17H22BrN3O2/c1-20(13-6-8-19-9-7-13)17(23)12-10-16(22)21(11-12)15-5-3-2-4-14(15)18/h2-5,12-13,19H,6-11H2,1H3. The van der Waals surface area contributed by atoms with E-state index in [-0.39, 0.29) is 23.8 Å². The molecule has 0 bridgehead atoms. The third kappa shape index (κ3) is 3.43. The predicted octanol–water partition coefficient (Wildman–Crippen LogP) is 2.01. The van der Waals surface area contributed by atoms with Crippen LogP contribution in [0.15, 0.2) is 28.7 Å². The summed E-state index contributed by atoms with van der Waals surface area (Å²) in [6.07, 6.45) is 2.27. The van der Waals surface area contributed by atoms with Crippen molar-refractivity contribution in [1.82, 2.24) is 10.2 Å². The van der Waals surface area contributed by atoms with E-state index in [0.717, 1.165) is 36.1 Å². The van der Waals surface area contributed by atoms with Gasteiger partial charge in [0, 0.05) is 30.5 Å². The van der Waals surface area contributed by atoms with Gasteiger partial charge in [0.25, 0.3) is 0 Å². The first-order valence-corrected chi connectivity index (χ1v) is 8.89. The number of para-hydroxylation sites is 1. The second kappa shape index (κ2) is 7.01. The van der Waals surface area contributed by atoms with Crippen molar-refractivity contribution in [3.63, 3.8) is 0 Å². The van der Waals surface area contributed by atoms with Crippen molar-refractivity contribution in [2.75, 3.05) is 31.6 Å². The van der Waals surface area contributed by atoms with Gasteiger partial charge in [-0.25, -0.2) is 0 Å². The SMILES string of the molecule is CN(C(=O)C1CC(=O)N(c2ccccc2Br)C1)C1CCNCC1. The Morgan fingerprint density at radius 3 is 2.70 bits per heavy atom. The Morgan fingerprint density at radius 1 is 1.30 bits per heavy atom. The summed E-state index contributed by atoms with van der Waals surface area (Å²) in [5, 5.41) is 3.31. The largest absolute Gasteiger partial charge is 0.342 e. The smallest absolute Gasteiger partial charge is 0.228 e. The molecule has 1 N–H and O–H groups in total. The number of amides is 2. The van der Waals surface area contributed by atoms with Gasteiger partial charge in [-0.3, -0.25) is 9.59 Å². The van der Waals surface area contributed by atoms with Crippen LogP contribution in [0, 0.1) is 5.92 Å². The van der Waals surface area contributed by atoms with Crippen LogP contribution in [0.2, 0.25) is 0 Å². The van der Waals surface area contributed by atoms with Crippen LogP contribution in [0.1, 0.15) is 19.3 Å². The fourth-order valence-corrected chi connectivity index (χ4v) is 3.94.